The van der Waals surface area contributed by atoms with Crippen LogP contribution in [0, 0.1) is 10.1 Å². The van der Waals surface area contributed by atoms with Crippen LogP contribution in [0.3, 0.4) is 0 Å². The number of aromatic amines is 1. The highest BCUT2D eigenvalue weighted by Gasteiger charge is 2.32. The van der Waals surface area contributed by atoms with Crippen molar-refractivity contribution in [1.82, 2.24) is 15.5 Å². The maximum atomic E-state index is 12.9. The third kappa shape index (κ3) is 4.90. The third-order valence-electron chi connectivity index (χ3n) is 2.52. The van der Waals surface area contributed by atoms with Gasteiger partial charge in [-0.15, -0.1) is 12.4 Å². The maximum Gasteiger partial charge on any atom is 0.322 e. The van der Waals surface area contributed by atoms with E-state index in [9.17, 15) is 23.7 Å². The van der Waals surface area contributed by atoms with Gasteiger partial charge in [0.05, 0.1) is 18.0 Å². The number of hydrogen-bond donors (Lipinski definition) is 3. The van der Waals surface area contributed by atoms with Gasteiger partial charge in [-0.3, -0.25) is 20.0 Å². The minimum atomic E-state index is -3.27. The van der Waals surface area contributed by atoms with E-state index in [1.54, 1.807) is 6.92 Å². The minimum Gasteiger partial charge on any atom is -0.344 e. The molecule has 1 rings (SSSR count). The Balaban J connectivity index is 0.00000400. The molecule has 120 valence electrons. The number of nitro groups is 1. The normalized spacial score (nSPS) is 10.9. The Kier molecular flexibility index (Phi) is 7.16. The molecule has 11 heteroatoms. The molecule has 8 nitrogen and oxygen atoms in total. The average molecular weight is 328 g/mol. The summed E-state index contributed by atoms with van der Waals surface area (Å²) in [5, 5.41) is 18.7. The number of aromatic nitrogens is 2. The number of carbonyl (C=O) groups is 1. The van der Waals surface area contributed by atoms with E-state index in [0.29, 0.717) is 12.8 Å². The first-order valence-electron chi connectivity index (χ1n) is 5.90. The Morgan fingerprint density at radius 2 is 2.19 bits per heavy atom. The van der Waals surface area contributed by atoms with Gasteiger partial charge in [0.25, 0.3) is 11.8 Å². The summed E-state index contributed by atoms with van der Waals surface area (Å²) in [5.74, 6) is -4.31. The second kappa shape index (κ2) is 7.84. The van der Waals surface area contributed by atoms with Crippen molar-refractivity contribution >= 4 is 24.0 Å². The summed E-state index contributed by atoms with van der Waals surface area (Å²) >= 11 is 0. The van der Waals surface area contributed by atoms with Gasteiger partial charge in [0.2, 0.25) is 5.69 Å². The van der Waals surface area contributed by atoms with Crippen LogP contribution < -0.4 is 11.1 Å². The molecule has 1 heterocycles. The summed E-state index contributed by atoms with van der Waals surface area (Å²) in [6.45, 7) is -0.140. The molecule has 0 aliphatic rings. The first kappa shape index (κ1) is 19.2. The SMILES string of the molecule is CCCc1[nH]nc(C(=O)NCC(F)(F)CN)c1[N+](=O)[O-].Cl. The molecule has 0 aliphatic heterocycles. The quantitative estimate of drug-likeness (QED) is 0.509. The summed E-state index contributed by atoms with van der Waals surface area (Å²) in [4.78, 5) is 21.9. The van der Waals surface area contributed by atoms with Gasteiger partial charge in [0.1, 0.15) is 5.69 Å². The fourth-order valence-corrected chi connectivity index (χ4v) is 1.52. The smallest absolute Gasteiger partial charge is 0.322 e. The van der Waals surface area contributed by atoms with Gasteiger partial charge in [-0.1, -0.05) is 13.3 Å². The summed E-state index contributed by atoms with van der Waals surface area (Å²) in [5.41, 5.74) is 4.02. The fraction of sp³-hybridized carbons (Fsp3) is 0.600. The van der Waals surface area contributed by atoms with Gasteiger partial charge < -0.3 is 11.1 Å². The number of aryl methyl sites for hydroxylation is 1. The van der Waals surface area contributed by atoms with E-state index >= 15 is 0 Å². The van der Waals surface area contributed by atoms with E-state index < -0.39 is 41.2 Å². The number of nitrogens with zero attached hydrogens (tertiary/aromatic N) is 2. The Morgan fingerprint density at radius 1 is 1.57 bits per heavy atom. The zero-order valence-corrected chi connectivity index (χ0v) is 12.0. The molecule has 0 saturated carbocycles. The number of nitrogens with two attached hydrogens (primary N) is 1. The van der Waals surface area contributed by atoms with Gasteiger partial charge in [0, 0.05) is 0 Å². The lowest BCUT2D eigenvalue weighted by atomic mass is 10.2. The fourth-order valence-electron chi connectivity index (χ4n) is 1.52. The molecular weight excluding hydrogens is 312 g/mol. The lowest BCUT2D eigenvalue weighted by Gasteiger charge is -2.13. The molecule has 1 aromatic heterocycles. The van der Waals surface area contributed by atoms with Crippen molar-refractivity contribution in [1.29, 1.82) is 0 Å². The van der Waals surface area contributed by atoms with Crippen molar-refractivity contribution in [2.75, 3.05) is 13.1 Å². The number of rotatable bonds is 7. The third-order valence-corrected chi connectivity index (χ3v) is 2.52. The highest BCUT2D eigenvalue weighted by molar-refractivity contribution is 5.96. The van der Waals surface area contributed by atoms with Gasteiger partial charge in [-0.2, -0.15) is 5.10 Å². The highest BCUT2D eigenvalue weighted by Crippen LogP contribution is 2.22. The molecule has 1 aromatic rings. The van der Waals surface area contributed by atoms with Crippen LogP contribution in [0.1, 0.15) is 29.5 Å². The Bertz CT molecular complexity index is 509. The molecule has 4 N–H and O–H groups in total. The number of carbonyl (C=O) groups excluding carboxylic acids is 1. The van der Waals surface area contributed by atoms with E-state index in [0.717, 1.165) is 0 Å². The predicted molar refractivity (Wildman–Crippen MR) is 72.8 cm³/mol. The molecule has 0 radical (unpaired) electrons. The lowest BCUT2D eigenvalue weighted by molar-refractivity contribution is -0.385. The molecule has 0 bridgehead atoms. The first-order valence-corrected chi connectivity index (χ1v) is 5.90. The molecule has 0 atom stereocenters. The van der Waals surface area contributed by atoms with E-state index in [1.807, 2.05) is 5.32 Å². The number of halogens is 3. The molecule has 0 unspecified atom stereocenters. The lowest BCUT2D eigenvalue weighted by Crippen LogP contribution is -2.41. The Morgan fingerprint density at radius 3 is 2.67 bits per heavy atom. The Labute approximate surface area is 125 Å². The van der Waals surface area contributed by atoms with Crippen LogP contribution in [0.5, 0.6) is 0 Å². The predicted octanol–water partition coefficient (Wildman–Crippen LogP) is 1.02. The number of H-pyrrole nitrogens is 1. The molecule has 0 saturated heterocycles. The largest absolute Gasteiger partial charge is 0.344 e. The highest BCUT2D eigenvalue weighted by atomic mass is 35.5. The number of alkyl halides is 2. The second-order valence-corrected chi connectivity index (χ2v) is 4.15. The molecule has 0 aromatic carbocycles. The van der Waals surface area contributed by atoms with Crippen molar-refractivity contribution < 1.29 is 18.5 Å². The molecule has 1 amide bonds. The summed E-state index contributed by atoms with van der Waals surface area (Å²) in [7, 11) is 0. The molecule has 0 spiro atoms. The van der Waals surface area contributed by atoms with E-state index in [-0.39, 0.29) is 18.1 Å². The maximum absolute atomic E-state index is 12.9. The van der Waals surface area contributed by atoms with Crippen LogP contribution >= 0.6 is 12.4 Å². The zero-order valence-electron chi connectivity index (χ0n) is 11.2. The van der Waals surface area contributed by atoms with Crippen molar-refractivity contribution in [3.05, 3.63) is 21.5 Å². The van der Waals surface area contributed by atoms with Crippen LogP contribution in [-0.4, -0.2) is 40.0 Å². The monoisotopic (exact) mass is 327 g/mol. The molecule has 0 fully saturated rings. The van der Waals surface area contributed by atoms with Crippen molar-refractivity contribution in [2.45, 2.75) is 25.7 Å². The zero-order chi connectivity index (χ0) is 15.3. The minimum absolute atomic E-state index is 0. The van der Waals surface area contributed by atoms with Crippen LogP contribution in [0.2, 0.25) is 0 Å². The molecule has 0 aliphatic carbocycles. The van der Waals surface area contributed by atoms with Crippen molar-refractivity contribution in [2.24, 2.45) is 5.73 Å². The molecule has 21 heavy (non-hydrogen) atoms. The van der Waals surface area contributed by atoms with Crippen LogP contribution in [0.25, 0.3) is 0 Å². The van der Waals surface area contributed by atoms with E-state index in [1.165, 1.54) is 0 Å². The van der Waals surface area contributed by atoms with Gasteiger partial charge in [-0.25, -0.2) is 8.78 Å². The number of hydrogen-bond acceptors (Lipinski definition) is 5. The number of nitrogens with one attached hydrogen (secondary N) is 2. The molecular formula is C10H16ClF2N5O3. The van der Waals surface area contributed by atoms with Crippen LogP contribution in [-0.2, 0) is 6.42 Å². The first-order chi connectivity index (χ1) is 9.32. The van der Waals surface area contributed by atoms with Crippen molar-refractivity contribution in [3.8, 4) is 0 Å². The average Bonchev–Trinajstić information content (AvgIpc) is 2.80. The van der Waals surface area contributed by atoms with Crippen molar-refractivity contribution in [3.63, 3.8) is 0 Å². The van der Waals surface area contributed by atoms with E-state index in [2.05, 4.69) is 10.2 Å². The number of amides is 1. The van der Waals surface area contributed by atoms with Gasteiger partial charge in [-0.05, 0) is 6.42 Å². The van der Waals surface area contributed by atoms with Crippen LogP contribution in [0.15, 0.2) is 0 Å². The summed E-state index contributed by atoms with van der Waals surface area (Å²) in [6.07, 6.45) is 0.935. The standard InChI is InChI=1S/C10H15F2N5O3.ClH/c1-2-3-6-8(17(19)20)7(16-15-6)9(18)14-5-10(11,12)4-13;/h2-5,13H2,1H3,(H,14,18)(H,15,16);1H. The van der Waals surface area contributed by atoms with Gasteiger partial charge in [0.15, 0.2) is 0 Å². The summed E-state index contributed by atoms with van der Waals surface area (Å²) < 4.78 is 25.8. The topological polar surface area (TPSA) is 127 Å². The summed E-state index contributed by atoms with van der Waals surface area (Å²) in [6, 6.07) is 0. The van der Waals surface area contributed by atoms with Gasteiger partial charge >= 0.3 is 5.69 Å². The van der Waals surface area contributed by atoms with Crippen LogP contribution in [0.4, 0.5) is 14.5 Å². The van der Waals surface area contributed by atoms with E-state index in [4.69, 9.17) is 5.73 Å². The second-order valence-electron chi connectivity index (χ2n) is 4.15. The Hall–Kier alpha value is -1.81.